The van der Waals surface area contributed by atoms with Gasteiger partial charge < -0.3 is 9.47 Å². The molecule has 0 atom stereocenters. The number of rotatable bonds is 2. The number of hydrogen-bond donors (Lipinski definition) is 0. The Morgan fingerprint density at radius 1 is 1.00 bits per heavy atom. The third-order valence-corrected chi connectivity index (χ3v) is 2.94. The highest BCUT2D eigenvalue weighted by Gasteiger charge is 2.41. The summed E-state index contributed by atoms with van der Waals surface area (Å²) in [6, 6.07) is 5.65. The van der Waals surface area contributed by atoms with E-state index in [1.54, 1.807) is 0 Å². The lowest BCUT2D eigenvalue weighted by Gasteiger charge is -2.15. The highest BCUT2D eigenvalue weighted by molar-refractivity contribution is 6.12. The van der Waals surface area contributed by atoms with Crippen molar-refractivity contribution in [3.63, 3.8) is 0 Å². The predicted molar refractivity (Wildman–Crippen MR) is 69.4 cm³/mol. The van der Waals surface area contributed by atoms with Gasteiger partial charge in [0, 0.05) is 5.39 Å². The second-order valence-corrected chi connectivity index (χ2v) is 4.21. The number of fused-ring (bicyclic) bond motifs is 1. The summed E-state index contributed by atoms with van der Waals surface area (Å²) >= 11 is 0. The number of alkyl halides is 3. The summed E-state index contributed by atoms with van der Waals surface area (Å²) in [6.45, 7) is 0. The molecule has 1 aromatic carbocycles. The van der Waals surface area contributed by atoms with Crippen molar-refractivity contribution in [2.24, 2.45) is 0 Å². The molecule has 0 spiro atoms. The fourth-order valence-electron chi connectivity index (χ4n) is 2.03. The summed E-state index contributed by atoms with van der Waals surface area (Å²) in [6.07, 6.45) is -4.93. The largest absolute Gasteiger partial charge is 0.465 e. The first-order chi connectivity index (χ1) is 10.3. The first-order valence-electron chi connectivity index (χ1n) is 5.97. The number of aromatic nitrogens is 1. The molecule has 0 amide bonds. The minimum absolute atomic E-state index is 0.0720. The van der Waals surface area contributed by atoms with Crippen LogP contribution in [0, 0.1) is 0 Å². The summed E-state index contributed by atoms with van der Waals surface area (Å²) < 4.78 is 48.5. The van der Waals surface area contributed by atoms with Crippen molar-refractivity contribution < 1.29 is 32.2 Å². The van der Waals surface area contributed by atoms with E-state index in [0.717, 1.165) is 14.2 Å². The fraction of sp³-hybridized carbons (Fsp3) is 0.214. The van der Waals surface area contributed by atoms with Crippen LogP contribution < -0.4 is 0 Å². The number of hydrogen-bond acceptors (Lipinski definition) is 5. The molecule has 0 bridgehead atoms. The van der Waals surface area contributed by atoms with Gasteiger partial charge in [0.05, 0.1) is 25.3 Å². The molecular formula is C14H10F3NO4. The zero-order valence-corrected chi connectivity index (χ0v) is 11.5. The van der Waals surface area contributed by atoms with Crippen molar-refractivity contribution in [2.75, 3.05) is 14.2 Å². The normalized spacial score (nSPS) is 11.3. The number of para-hydroxylation sites is 1. The maximum absolute atomic E-state index is 13.2. The topological polar surface area (TPSA) is 65.5 Å². The number of nitrogens with zero attached hydrogens (tertiary/aromatic N) is 1. The predicted octanol–water partition coefficient (Wildman–Crippen LogP) is 2.83. The standard InChI is InChI=1S/C14H10F3NO4/c1-21-12(19)9-7-5-3-4-6-8(7)18-11(14(15,16)17)10(9)13(20)22-2/h3-6H,1-2H3. The monoisotopic (exact) mass is 313 g/mol. The number of pyridine rings is 1. The molecule has 0 saturated carbocycles. The SMILES string of the molecule is COC(=O)c1c(C(F)(F)F)nc2ccccc2c1C(=O)OC. The number of halogens is 3. The molecule has 5 nitrogen and oxygen atoms in total. The first kappa shape index (κ1) is 15.7. The van der Waals surface area contributed by atoms with Gasteiger partial charge in [0.1, 0.15) is 5.56 Å². The van der Waals surface area contributed by atoms with Gasteiger partial charge >= 0.3 is 18.1 Å². The number of ether oxygens (including phenoxy) is 2. The Morgan fingerprint density at radius 3 is 2.09 bits per heavy atom. The lowest BCUT2D eigenvalue weighted by molar-refractivity contribution is -0.141. The van der Waals surface area contributed by atoms with Crippen molar-refractivity contribution in [1.82, 2.24) is 4.98 Å². The average molecular weight is 313 g/mol. The number of benzene rings is 1. The summed E-state index contributed by atoms with van der Waals surface area (Å²) in [5.41, 5.74) is -3.05. The quantitative estimate of drug-likeness (QED) is 0.798. The van der Waals surface area contributed by atoms with E-state index >= 15 is 0 Å². The van der Waals surface area contributed by atoms with Crippen molar-refractivity contribution in [2.45, 2.75) is 6.18 Å². The van der Waals surface area contributed by atoms with Crippen molar-refractivity contribution in [3.05, 3.63) is 41.1 Å². The third-order valence-electron chi connectivity index (χ3n) is 2.94. The van der Waals surface area contributed by atoms with Crippen LogP contribution in [0.5, 0.6) is 0 Å². The van der Waals surface area contributed by atoms with Crippen LogP contribution in [0.3, 0.4) is 0 Å². The zero-order valence-electron chi connectivity index (χ0n) is 11.5. The van der Waals surface area contributed by atoms with Gasteiger partial charge in [0.2, 0.25) is 0 Å². The summed E-state index contributed by atoms with van der Waals surface area (Å²) in [5, 5.41) is 0.0720. The number of carbonyl (C=O) groups excluding carboxylic acids is 2. The highest BCUT2D eigenvalue weighted by Crippen LogP contribution is 2.35. The van der Waals surface area contributed by atoms with E-state index in [9.17, 15) is 22.8 Å². The van der Waals surface area contributed by atoms with Crippen LogP contribution in [0.25, 0.3) is 10.9 Å². The molecule has 0 aliphatic rings. The molecule has 8 heteroatoms. The summed E-state index contributed by atoms with van der Waals surface area (Å²) in [4.78, 5) is 27.2. The molecule has 0 N–H and O–H groups in total. The number of methoxy groups -OCH3 is 2. The smallest absolute Gasteiger partial charge is 0.434 e. The van der Waals surface area contributed by atoms with Crippen LogP contribution in [0.1, 0.15) is 26.4 Å². The molecule has 1 aromatic heterocycles. The minimum atomic E-state index is -4.93. The number of esters is 2. The van der Waals surface area contributed by atoms with E-state index in [1.807, 2.05) is 0 Å². The molecule has 0 aliphatic carbocycles. The molecule has 0 unspecified atom stereocenters. The van der Waals surface area contributed by atoms with E-state index in [2.05, 4.69) is 14.5 Å². The zero-order chi connectivity index (χ0) is 16.5. The van der Waals surface area contributed by atoms with Crippen molar-refractivity contribution in [1.29, 1.82) is 0 Å². The minimum Gasteiger partial charge on any atom is -0.465 e. The van der Waals surface area contributed by atoms with Gasteiger partial charge in [-0.25, -0.2) is 14.6 Å². The van der Waals surface area contributed by atoms with E-state index in [4.69, 9.17) is 0 Å². The molecule has 0 saturated heterocycles. The van der Waals surface area contributed by atoms with Gasteiger partial charge in [-0.3, -0.25) is 0 Å². The number of carbonyl (C=O) groups is 2. The third kappa shape index (κ3) is 2.59. The Hall–Kier alpha value is -2.64. The molecule has 0 radical (unpaired) electrons. The lowest BCUT2D eigenvalue weighted by Crippen LogP contribution is -2.22. The Morgan fingerprint density at radius 2 is 1.55 bits per heavy atom. The first-order valence-corrected chi connectivity index (χ1v) is 5.97. The Bertz CT molecular complexity index is 756. The van der Waals surface area contributed by atoms with Crippen LogP contribution in [-0.2, 0) is 15.7 Å². The van der Waals surface area contributed by atoms with Gasteiger partial charge in [-0.05, 0) is 6.07 Å². The average Bonchev–Trinajstić information content (AvgIpc) is 2.50. The second kappa shape index (κ2) is 5.63. The van der Waals surface area contributed by atoms with E-state index in [0.29, 0.717) is 0 Å². The molecule has 0 aliphatic heterocycles. The van der Waals surface area contributed by atoms with Crippen LogP contribution in [0.2, 0.25) is 0 Å². The van der Waals surface area contributed by atoms with Crippen molar-refractivity contribution >= 4 is 22.8 Å². The van der Waals surface area contributed by atoms with Crippen LogP contribution >= 0.6 is 0 Å². The maximum atomic E-state index is 13.2. The van der Waals surface area contributed by atoms with Gasteiger partial charge in [-0.15, -0.1) is 0 Å². The van der Waals surface area contributed by atoms with Gasteiger partial charge in [-0.1, -0.05) is 18.2 Å². The van der Waals surface area contributed by atoms with Crippen LogP contribution in [0.15, 0.2) is 24.3 Å². The molecule has 2 aromatic rings. The molecule has 0 fully saturated rings. The van der Waals surface area contributed by atoms with E-state index in [-0.39, 0.29) is 10.9 Å². The summed E-state index contributed by atoms with van der Waals surface area (Å²) in [5.74, 6) is -2.39. The molecule has 116 valence electrons. The second-order valence-electron chi connectivity index (χ2n) is 4.21. The highest BCUT2D eigenvalue weighted by atomic mass is 19.4. The Labute approximate surface area is 122 Å². The molecule has 22 heavy (non-hydrogen) atoms. The molecular weight excluding hydrogens is 303 g/mol. The Balaban J connectivity index is 3.01. The van der Waals surface area contributed by atoms with Gasteiger partial charge in [-0.2, -0.15) is 13.2 Å². The van der Waals surface area contributed by atoms with Crippen LogP contribution in [-0.4, -0.2) is 31.1 Å². The van der Waals surface area contributed by atoms with Gasteiger partial charge in [0.15, 0.2) is 5.69 Å². The Kier molecular flexibility index (Phi) is 4.03. The van der Waals surface area contributed by atoms with Crippen LogP contribution in [0.4, 0.5) is 13.2 Å². The van der Waals surface area contributed by atoms with Gasteiger partial charge in [0.25, 0.3) is 0 Å². The lowest BCUT2D eigenvalue weighted by atomic mass is 10.00. The molecule has 1 heterocycles. The maximum Gasteiger partial charge on any atom is 0.434 e. The fourth-order valence-corrected chi connectivity index (χ4v) is 2.03. The summed E-state index contributed by atoms with van der Waals surface area (Å²) in [7, 11) is 1.92. The van der Waals surface area contributed by atoms with Crippen molar-refractivity contribution in [3.8, 4) is 0 Å². The van der Waals surface area contributed by atoms with E-state index in [1.165, 1.54) is 24.3 Å². The van der Waals surface area contributed by atoms with E-state index < -0.39 is 34.9 Å². The molecule has 2 rings (SSSR count).